The fraction of sp³-hybridized carbons (Fsp3) is 0.333. The van der Waals surface area contributed by atoms with Gasteiger partial charge in [0.05, 0.1) is 0 Å². The lowest BCUT2D eigenvalue weighted by Gasteiger charge is -2.23. The van der Waals surface area contributed by atoms with Crippen LogP contribution in [0.4, 0.5) is 0 Å². The van der Waals surface area contributed by atoms with Crippen molar-refractivity contribution in [3.05, 3.63) is 59.7 Å². The van der Waals surface area contributed by atoms with E-state index < -0.39 is 0 Å². The van der Waals surface area contributed by atoms with E-state index in [1.807, 2.05) is 30.3 Å². The van der Waals surface area contributed by atoms with E-state index >= 15 is 0 Å². The number of para-hydroxylation sites is 2. The van der Waals surface area contributed by atoms with Crippen LogP contribution in [0, 0.1) is 0 Å². The van der Waals surface area contributed by atoms with Crippen LogP contribution in [0.5, 0.6) is 11.5 Å². The summed E-state index contributed by atoms with van der Waals surface area (Å²) in [6.45, 7) is 7.21. The van der Waals surface area contributed by atoms with Crippen molar-refractivity contribution in [3.63, 3.8) is 0 Å². The molecule has 2 heteroatoms. The SMILES string of the molecule is CC(C)(C)c1ccccc1Oc1ccccc1CCN. The van der Waals surface area contributed by atoms with Crippen molar-refractivity contribution in [2.45, 2.75) is 32.6 Å². The molecule has 2 aromatic rings. The molecule has 0 atom stereocenters. The van der Waals surface area contributed by atoms with Gasteiger partial charge in [-0.1, -0.05) is 57.2 Å². The summed E-state index contributed by atoms with van der Waals surface area (Å²) in [7, 11) is 0. The van der Waals surface area contributed by atoms with Crippen LogP contribution in [0.2, 0.25) is 0 Å². The zero-order valence-electron chi connectivity index (χ0n) is 12.5. The fourth-order valence-electron chi connectivity index (χ4n) is 2.26. The van der Waals surface area contributed by atoms with Gasteiger partial charge in [-0.3, -0.25) is 0 Å². The Balaban J connectivity index is 2.36. The zero-order valence-corrected chi connectivity index (χ0v) is 12.5. The summed E-state index contributed by atoms with van der Waals surface area (Å²) >= 11 is 0. The van der Waals surface area contributed by atoms with Gasteiger partial charge in [-0.05, 0) is 36.1 Å². The van der Waals surface area contributed by atoms with Gasteiger partial charge in [-0.2, -0.15) is 0 Å². The second-order valence-electron chi connectivity index (χ2n) is 5.99. The van der Waals surface area contributed by atoms with Crippen LogP contribution < -0.4 is 10.5 Å². The molecule has 0 aromatic heterocycles. The number of hydrogen-bond acceptors (Lipinski definition) is 2. The van der Waals surface area contributed by atoms with Crippen molar-refractivity contribution in [2.75, 3.05) is 6.54 Å². The Morgan fingerprint density at radius 2 is 1.50 bits per heavy atom. The van der Waals surface area contributed by atoms with Crippen molar-refractivity contribution in [2.24, 2.45) is 5.73 Å². The lowest BCUT2D eigenvalue weighted by molar-refractivity contribution is 0.450. The topological polar surface area (TPSA) is 35.2 Å². The summed E-state index contributed by atoms with van der Waals surface area (Å²) in [5, 5.41) is 0. The molecule has 0 fully saturated rings. The Morgan fingerprint density at radius 1 is 0.900 bits per heavy atom. The predicted octanol–water partition coefficient (Wildman–Crippen LogP) is 4.28. The Kier molecular flexibility index (Phi) is 4.46. The molecule has 2 aromatic carbocycles. The number of ether oxygens (including phenoxy) is 1. The van der Waals surface area contributed by atoms with E-state index in [-0.39, 0.29) is 5.41 Å². The molecule has 0 amide bonds. The molecule has 2 nitrogen and oxygen atoms in total. The van der Waals surface area contributed by atoms with Crippen LogP contribution in [0.25, 0.3) is 0 Å². The maximum atomic E-state index is 6.16. The normalized spacial score (nSPS) is 11.4. The molecule has 20 heavy (non-hydrogen) atoms. The van der Waals surface area contributed by atoms with Gasteiger partial charge in [0.25, 0.3) is 0 Å². The molecular weight excluding hydrogens is 246 g/mol. The van der Waals surface area contributed by atoms with Gasteiger partial charge >= 0.3 is 0 Å². The highest BCUT2D eigenvalue weighted by Crippen LogP contribution is 2.34. The minimum atomic E-state index is 0.0550. The Hall–Kier alpha value is -1.80. The first-order chi connectivity index (χ1) is 9.52. The lowest BCUT2D eigenvalue weighted by Crippen LogP contribution is -2.12. The second kappa shape index (κ2) is 6.10. The van der Waals surface area contributed by atoms with E-state index in [0.717, 1.165) is 23.5 Å². The van der Waals surface area contributed by atoms with Crippen LogP contribution in [-0.4, -0.2) is 6.54 Å². The molecule has 0 aliphatic heterocycles. The van der Waals surface area contributed by atoms with Gasteiger partial charge in [0, 0.05) is 5.56 Å². The molecular formula is C18H23NO. The summed E-state index contributed by atoms with van der Waals surface area (Å²) in [5.74, 6) is 1.82. The molecule has 0 aliphatic rings. The predicted molar refractivity (Wildman–Crippen MR) is 84.4 cm³/mol. The monoisotopic (exact) mass is 269 g/mol. The van der Waals surface area contributed by atoms with Gasteiger partial charge in [0.1, 0.15) is 11.5 Å². The van der Waals surface area contributed by atoms with Crippen LogP contribution in [-0.2, 0) is 11.8 Å². The van der Waals surface area contributed by atoms with Crippen LogP contribution in [0.3, 0.4) is 0 Å². The minimum Gasteiger partial charge on any atom is -0.457 e. The lowest BCUT2D eigenvalue weighted by atomic mass is 9.86. The van der Waals surface area contributed by atoms with Crippen LogP contribution in [0.1, 0.15) is 31.9 Å². The summed E-state index contributed by atoms with van der Waals surface area (Å²) in [5.41, 5.74) is 8.08. The van der Waals surface area contributed by atoms with E-state index in [1.54, 1.807) is 0 Å². The molecule has 0 radical (unpaired) electrons. The van der Waals surface area contributed by atoms with Crippen LogP contribution >= 0.6 is 0 Å². The highest BCUT2D eigenvalue weighted by atomic mass is 16.5. The average molecular weight is 269 g/mol. The molecule has 0 bridgehead atoms. The van der Waals surface area contributed by atoms with Crippen molar-refractivity contribution < 1.29 is 4.74 Å². The third-order valence-electron chi connectivity index (χ3n) is 3.30. The van der Waals surface area contributed by atoms with Gasteiger partial charge < -0.3 is 10.5 Å². The zero-order chi connectivity index (χ0) is 14.6. The molecule has 2 rings (SSSR count). The van der Waals surface area contributed by atoms with Crippen molar-refractivity contribution in [1.29, 1.82) is 0 Å². The number of nitrogens with two attached hydrogens (primary N) is 1. The summed E-state index contributed by atoms with van der Waals surface area (Å²) < 4.78 is 6.16. The standard InChI is InChI=1S/C18H23NO/c1-18(2,3)15-9-5-7-11-17(15)20-16-10-6-4-8-14(16)12-13-19/h4-11H,12-13,19H2,1-3H3. The third kappa shape index (κ3) is 3.40. The highest BCUT2D eigenvalue weighted by Gasteiger charge is 2.19. The molecule has 2 N–H and O–H groups in total. The van der Waals surface area contributed by atoms with E-state index in [4.69, 9.17) is 10.5 Å². The molecule has 0 aliphatic carbocycles. The van der Waals surface area contributed by atoms with E-state index in [2.05, 4.69) is 39.0 Å². The Bertz CT molecular complexity index is 570. The number of benzene rings is 2. The molecule has 106 valence electrons. The van der Waals surface area contributed by atoms with E-state index in [9.17, 15) is 0 Å². The average Bonchev–Trinajstić information content (AvgIpc) is 2.41. The maximum absolute atomic E-state index is 6.16. The smallest absolute Gasteiger partial charge is 0.131 e. The first kappa shape index (κ1) is 14.6. The first-order valence-electron chi connectivity index (χ1n) is 7.07. The van der Waals surface area contributed by atoms with E-state index in [0.29, 0.717) is 6.54 Å². The maximum Gasteiger partial charge on any atom is 0.131 e. The Morgan fingerprint density at radius 3 is 2.15 bits per heavy atom. The largest absolute Gasteiger partial charge is 0.457 e. The molecule has 0 saturated carbocycles. The first-order valence-corrected chi connectivity index (χ1v) is 7.07. The number of rotatable bonds is 4. The third-order valence-corrected chi connectivity index (χ3v) is 3.30. The van der Waals surface area contributed by atoms with Gasteiger partial charge in [-0.15, -0.1) is 0 Å². The van der Waals surface area contributed by atoms with Gasteiger partial charge in [-0.25, -0.2) is 0 Å². The van der Waals surface area contributed by atoms with Crippen molar-refractivity contribution in [1.82, 2.24) is 0 Å². The minimum absolute atomic E-state index is 0.0550. The highest BCUT2D eigenvalue weighted by molar-refractivity contribution is 5.44. The van der Waals surface area contributed by atoms with E-state index in [1.165, 1.54) is 5.56 Å². The molecule has 0 spiro atoms. The Labute approximate surface area is 121 Å². The van der Waals surface area contributed by atoms with Crippen molar-refractivity contribution >= 4 is 0 Å². The van der Waals surface area contributed by atoms with Gasteiger partial charge in [0.15, 0.2) is 0 Å². The van der Waals surface area contributed by atoms with Crippen LogP contribution in [0.15, 0.2) is 48.5 Å². The summed E-state index contributed by atoms with van der Waals surface area (Å²) in [6.07, 6.45) is 0.827. The fourth-order valence-corrected chi connectivity index (χ4v) is 2.26. The molecule has 0 unspecified atom stereocenters. The summed E-state index contributed by atoms with van der Waals surface area (Å²) in [4.78, 5) is 0. The number of hydrogen-bond donors (Lipinski definition) is 1. The quantitative estimate of drug-likeness (QED) is 0.899. The van der Waals surface area contributed by atoms with Gasteiger partial charge in [0.2, 0.25) is 0 Å². The van der Waals surface area contributed by atoms with Crippen molar-refractivity contribution in [3.8, 4) is 11.5 Å². The molecule has 0 heterocycles. The second-order valence-corrected chi connectivity index (χ2v) is 5.99. The molecule has 0 saturated heterocycles. The summed E-state index contributed by atoms with van der Waals surface area (Å²) in [6, 6.07) is 16.3.